The number of anilines is 1. The molecule has 1 aromatic heterocycles. The van der Waals surface area contributed by atoms with Crippen molar-refractivity contribution in [2.24, 2.45) is 11.3 Å². The molecule has 208 valence electrons. The summed E-state index contributed by atoms with van der Waals surface area (Å²) in [7, 11) is -2.44. The second-order valence-electron chi connectivity index (χ2n) is 13.6. The molecule has 0 spiro atoms. The molecule has 0 atom stereocenters. The van der Waals surface area contributed by atoms with Gasteiger partial charge in [-0.3, -0.25) is 4.79 Å². The fourth-order valence-corrected chi connectivity index (χ4v) is 7.42. The molecule has 6 rings (SSSR count). The first kappa shape index (κ1) is 27.6. The van der Waals surface area contributed by atoms with Crippen LogP contribution in [0.4, 0.5) is 5.69 Å². The van der Waals surface area contributed by atoms with E-state index in [1.165, 1.54) is 0 Å². The summed E-state index contributed by atoms with van der Waals surface area (Å²) in [6.07, 6.45) is 8.59. The summed E-state index contributed by atoms with van der Waals surface area (Å²) in [5.41, 5.74) is 0.795. The van der Waals surface area contributed by atoms with Crippen molar-refractivity contribution < 1.29 is 18.6 Å². The summed E-state index contributed by atoms with van der Waals surface area (Å²) >= 11 is 0. The van der Waals surface area contributed by atoms with Crippen molar-refractivity contribution in [2.45, 2.75) is 89.4 Å². The van der Waals surface area contributed by atoms with Crippen molar-refractivity contribution >= 4 is 24.0 Å². The Bertz CT molecular complexity index is 1180. The van der Waals surface area contributed by atoms with Gasteiger partial charge in [0, 0.05) is 48.0 Å². The largest absolute Gasteiger partial charge is 0.381 e. The third-order valence-corrected chi connectivity index (χ3v) is 10.8. The van der Waals surface area contributed by atoms with Crippen molar-refractivity contribution in [1.82, 2.24) is 10.1 Å². The summed E-state index contributed by atoms with van der Waals surface area (Å²) in [4.78, 5) is 20.8. The molecule has 2 heterocycles. The maximum atomic E-state index is 13.9. The quantitative estimate of drug-likeness (QED) is 0.396. The van der Waals surface area contributed by atoms with Gasteiger partial charge >= 0.3 is 0 Å². The average Bonchev–Trinajstić information content (AvgIpc) is 3.41. The molecule has 2 aromatic rings. The number of benzene rings is 1. The van der Waals surface area contributed by atoms with Crippen LogP contribution in [0.25, 0.3) is 0 Å². The van der Waals surface area contributed by atoms with E-state index in [1.807, 2.05) is 29.2 Å². The van der Waals surface area contributed by atoms with Crippen molar-refractivity contribution in [3.63, 3.8) is 0 Å². The lowest BCUT2D eigenvalue weighted by Gasteiger charge is -2.53. The van der Waals surface area contributed by atoms with Crippen LogP contribution in [0.5, 0.6) is 0 Å². The molecular weight excluding hydrogens is 497 g/mol. The smallest absolute Gasteiger partial charge is 0.232 e. The van der Waals surface area contributed by atoms with E-state index in [0.717, 1.165) is 87.3 Å². The minimum Gasteiger partial charge on any atom is -0.381 e. The van der Waals surface area contributed by atoms with Gasteiger partial charge in [0.2, 0.25) is 11.8 Å². The Morgan fingerprint density at radius 2 is 1.74 bits per heavy atom. The second-order valence-corrected chi connectivity index (χ2v) is 16.8. The molecule has 2 bridgehead atoms. The Morgan fingerprint density at radius 3 is 2.32 bits per heavy atom. The molecule has 7 nitrogen and oxygen atoms in total. The van der Waals surface area contributed by atoms with E-state index in [-0.39, 0.29) is 22.2 Å². The predicted octanol–water partition coefficient (Wildman–Crippen LogP) is 6.06. The van der Waals surface area contributed by atoms with Crippen LogP contribution in [0.1, 0.15) is 90.3 Å². The van der Waals surface area contributed by atoms with Crippen molar-refractivity contribution in [3.05, 3.63) is 36.0 Å². The average molecular weight is 542 g/mol. The van der Waals surface area contributed by atoms with E-state index in [2.05, 4.69) is 25.9 Å². The molecular formula is C30H44N3O4P. The molecule has 38 heavy (non-hydrogen) atoms. The van der Waals surface area contributed by atoms with Gasteiger partial charge in [0.15, 0.2) is 5.82 Å². The second kappa shape index (κ2) is 10.2. The molecule has 1 aliphatic heterocycles. The molecule has 4 fully saturated rings. The number of rotatable bonds is 7. The first-order chi connectivity index (χ1) is 17.9. The van der Waals surface area contributed by atoms with Gasteiger partial charge in [-0.25, -0.2) is 0 Å². The summed E-state index contributed by atoms with van der Waals surface area (Å²) in [5.74, 6) is 2.12. The number of amides is 1. The van der Waals surface area contributed by atoms with Crippen molar-refractivity contribution in [1.29, 1.82) is 0 Å². The fraction of sp³-hybridized carbons (Fsp3) is 0.700. The van der Waals surface area contributed by atoms with Gasteiger partial charge in [-0.1, -0.05) is 38.1 Å². The number of fused-ring (bicyclic) bond motifs is 3. The van der Waals surface area contributed by atoms with Gasteiger partial charge < -0.3 is 18.7 Å². The number of hydrogen-bond donors (Lipinski definition) is 0. The predicted molar refractivity (Wildman–Crippen MR) is 151 cm³/mol. The number of carbonyl (C=O) groups is 1. The standard InChI is InChI=1S/C30H44N3O4P/c1-28(2,3)26-31-27(37-32-26)30-14-11-29(12-15-30,13-16-30)21-33(25(34)19-22-9-17-36-18-10-22)23-7-6-8-24(20-23)38(4,5)35/h6-8,20,22H,9-19,21H2,1-5H3. The Kier molecular flexibility index (Phi) is 7.41. The number of hydrogen-bond acceptors (Lipinski definition) is 6. The van der Waals surface area contributed by atoms with Crippen LogP contribution >= 0.6 is 7.14 Å². The molecule has 0 N–H and O–H groups in total. The SMILES string of the molecule is CC(C)(C)c1noc(C23CCC(CN(C(=O)CC4CCOCC4)c4cccc(P(C)(C)=O)c4)(CC2)CC3)n1. The first-order valence-corrected chi connectivity index (χ1v) is 16.9. The van der Waals surface area contributed by atoms with E-state index in [0.29, 0.717) is 18.9 Å². The summed E-state index contributed by atoms with van der Waals surface area (Å²) in [6, 6.07) is 7.88. The maximum absolute atomic E-state index is 13.9. The number of nitrogens with zero attached hydrogens (tertiary/aromatic N) is 3. The lowest BCUT2D eigenvalue weighted by molar-refractivity contribution is -0.121. The molecule has 1 amide bonds. The zero-order valence-electron chi connectivity index (χ0n) is 23.8. The highest BCUT2D eigenvalue weighted by Crippen LogP contribution is 2.58. The summed E-state index contributed by atoms with van der Waals surface area (Å²) in [6.45, 7) is 12.1. The summed E-state index contributed by atoms with van der Waals surface area (Å²) in [5, 5.41) is 5.14. The van der Waals surface area contributed by atoms with Crippen LogP contribution in [0.3, 0.4) is 0 Å². The van der Waals surface area contributed by atoms with E-state index < -0.39 is 7.14 Å². The molecule has 0 unspecified atom stereocenters. The molecule has 3 saturated carbocycles. The van der Waals surface area contributed by atoms with Gasteiger partial charge in [-0.15, -0.1) is 0 Å². The van der Waals surface area contributed by atoms with Gasteiger partial charge in [-0.2, -0.15) is 4.98 Å². The highest BCUT2D eigenvalue weighted by atomic mass is 31.2. The fourth-order valence-electron chi connectivity index (χ4n) is 6.53. The van der Waals surface area contributed by atoms with E-state index in [1.54, 1.807) is 13.3 Å². The lowest BCUT2D eigenvalue weighted by atomic mass is 9.53. The molecule has 1 aromatic carbocycles. The van der Waals surface area contributed by atoms with Crippen LogP contribution in [0.2, 0.25) is 0 Å². The highest BCUT2D eigenvalue weighted by molar-refractivity contribution is 7.70. The molecule has 3 aliphatic carbocycles. The van der Waals surface area contributed by atoms with E-state index in [4.69, 9.17) is 14.2 Å². The van der Waals surface area contributed by atoms with Crippen LogP contribution in [0.15, 0.2) is 28.8 Å². The Morgan fingerprint density at radius 1 is 1.08 bits per heavy atom. The number of ether oxygens (including phenoxy) is 1. The molecule has 8 heteroatoms. The van der Waals surface area contributed by atoms with Crippen LogP contribution in [0, 0.1) is 11.3 Å². The maximum Gasteiger partial charge on any atom is 0.232 e. The Balaban J connectivity index is 1.37. The lowest BCUT2D eigenvalue weighted by Crippen LogP contribution is -2.51. The third kappa shape index (κ3) is 5.65. The summed E-state index contributed by atoms with van der Waals surface area (Å²) < 4.78 is 24.3. The van der Waals surface area contributed by atoms with Crippen LogP contribution < -0.4 is 10.2 Å². The highest BCUT2D eigenvalue weighted by Gasteiger charge is 2.53. The number of aromatic nitrogens is 2. The van der Waals surface area contributed by atoms with E-state index in [9.17, 15) is 9.36 Å². The van der Waals surface area contributed by atoms with Gasteiger partial charge in [0.1, 0.15) is 7.14 Å². The molecule has 0 radical (unpaired) electrons. The zero-order chi connectivity index (χ0) is 27.2. The Hall–Kier alpha value is -1.98. The third-order valence-electron chi connectivity index (χ3n) is 9.31. The van der Waals surface area contributed by atoms with Crippen LogP contribution in [-0.2, 0) is 24.9 Å². The van der Waals surface area contributed by atoms with E-state index >= 15 is 0 Å². The minimum atomic E-state index is -2.44. The number of carbonyl (C=O) groups excluding carboxylic acids is 1. The van der Waals surface area contributed by atoms with Gasteiger partial charge in [0.05, 0.1) is 0 Å². The zero-order valence-corrected chi connectivity index (χ0v) is 24.7. The monoisotopic (exact) mass is 541 g/mol. The van der Waals surface area contributed by atoms with Crippen molar-refractivity contribution in [2.75, 3.05) is 38.0 Å². The topological polar surface area (TPSA) is 85.5 Å². The van der Waals surface area contributed by atoms with Crippen LogP contribution in [-0.4, -0.2) is 49.1 Å². The molecule has 1 saturated heterocycles. The van der Waals surface area contributed by atoms with Gasteiger partial charge in [-0.05, 0) is 88.2 Å². The first-order valence-electron chi connectivity index (χ1n) is 14.3. The Labute approximate surface area is 227 Å². The molecule has 4 aliphatic rings. The normalized spacial score (nSPS) is 26.4. The van der Waals surface area contributed by atoms with Crippen molar-refractivity contribution in [3.8, 4) is 0 Å². The van der Waals surface area contributed by atoms with Gasteiger partial charge in [0.25, 0.3) is 0 Å². The minimum absolute atomic E-state index is 0.0356.